The van der Waals surface area contributed by atoms with E-state index in [1.165, 1.54) is 32.1 Å². The summed E-state index contributed by atoms with van der Waals surface area (Å²) in [4.78, 5) is 23.0. The molecule has 0 radical (unpaired) electrons. The van der Waals surface area contributed by atoms with Gasteiger partial charge >= 0.3 is 11.9 Å². The number of esters is 2. The summed E-state index contributed by atoms with van der Waals surface area (Å²) in [7, 11) is 0. The van der Waals surface area contributed by atoms with E-state index in [1.807, 2.05) is 0 Å². The number of carbonyl (C=O) groups is 2. The van der Waals surface area contributed by atoms with Crippen LogP contribution in [0.25, 0.3) is 0 Å². The summed E-state index contributed by atoms with van der Waals surface area (Å²) in [5.74, 6) is -0.985. The van der Waals surface area contributed by atoms with Gasteiger partial charge in [0.2, 0.25) is 0 Å². The molecule has 0 aliphatic heterocycles. The minimum absolute atomic E-state index is 0.141. The molecule has 0 heterocycles. The molecule has 146 valence electrons. The van der Waals surface area contributed by atoms with E-state index >= 15 is 0 Å². The second-order valence-electron chi connectivity index (χ2n) is 6.12. The van der Waals surface area contributed by atoms with Crippen LogP contribution < -0.4 is 0 Å². The number of carbonyl (C=O) groups excluding carboxylic acids is 2. The van der Waals surface area contributed by atoms with Crippen molar-refractivity contribution in [2.75, 3.05) is 19.8 Å². The Morgan fingerprint density at radius 1 is 0.846 bits per heavy atom. The summed E-state index contributed by atoms with van der Waals surface area (Å²) in [5, 5.41) is 0.624. The number of benzene rings is 1. The Hall–Kier alpha value is -1.59. The number of halogens is 1. The summed E-state index contributed by atoms with van der Waals surface area (Å²) in [6.45, 7) is 2.21. The van der Waals surface area contributed by atoms with Crippen molar-refractivity contribution in [2.45, 2.75) is 58.5 Å². The van der Waals surface area contributed by atoms with Crippen molar-refractivity contribution in [1.82, 2.24) is 0 Å². The molecule has 6 heteroatoms. The summed E-state index contributed by atoms with van der Waals surface area (Å²) in [5.41, 5.74) is 0.830. The fourth-order valence-corrected chi connectivity index (χ4v) is 2.42. The SMILES string of the molecule is CCCCCCCCCOC(=O)COCC(=O)OCc1ccc(Cl)cc1. The molecule has 0 aliphatic carbocycles. The van der Waals surface area contributed by atoms with Gasteiger partial charge in [-0.1, -0.05) is 69.2 Å². The highest BCUT2D eigenvalue weighted by Crippen LogP contribution is 2.10. The summed E-state index contributed by atoms with van der Waals surface area (Å²) < 4.78 is 15.1. The van der Waals surface area contributed by atoms with Crippen LogP contribution in [0.4, 0.5) is 0 Å². The number of hydrogen-bond donors (Lipinski definition) is 0. The van der Waals surface area contributed by atoms with Crippen LogP contribution in [-0.4, -0.2) is 31.8 Å². The molecule has 0 fully saturated rings. The number of rotatable bonds is 14. The molecule has 5 nitrogen and oxygen atoms in total. The van der Waals surface area contributed by atoms with E-state index in [2.05, 4.69) is 6.92 Å². The van der Waals surface area contributed by atoms with Crippen molar-refractivity contribution in [3.8, 4) is 0 Å². The quantitative estimate of drug-likeness (QED) is 0.344. The van der Waals surface area contributed by atoms with E-state index in [-0.39, 0.29) is 19.8 Å². The van der Waals surface area contributed by atoms with Crippen molar-refractivity contribution < 1.29 is 23.8 Å². The molecule has 0 bridgehead atoms. The number of unbranched alkanes of at least 4 members (excludes halogenated alkanes) is 6. The number of ether oxygens (including phenoxy) is 3. The van der Waals surface area contributed by atoms with E-state index in [0.717, 1.165) is 18.4 Å². The van der Waals surface area contributed by atoms with Crippen molar-refractivity contribution in [2.24, 2.45) is 0 Å². The van der Waals surface area contributed by atoms with Gasteiger partial charge in [0, 0.05) is 5.02 Å². The van der Waals surface area contributed by atoms with Gasteiger partial charge < -0.3 is 14.2 Å². The Kier molecular flexibility index (Phi) is 12.6. The number of hydrogen-bond acceptors (Lipinski definition) is 5. The lowest BCUT2D eigenvalue weighted by molar-refractivity contribution is -0.156. The Balaban J connectivity index is 1.96. The van der Waals surface area contributed by atoms with Crippen LogP contribution >= 0.6 is 11.6 Å². The third kappa shape index (κ3) is 11.9. The third-order valence-electron chi connectivity index (χ3n) is 3.76. The first-order valence-corrected chi connectivity index (χ1v) is 9.63. The molecule has 0 N–H and O–H groups in total. The maximum Gasteiger partial charge on any atom is 0.332 e. The lowest BCUT2D eigenvalue weighted by Crippen LogP contribution is -2.18. The van der Waals surface area contributed by atoms with Crippen molar-refractivity contribution in [1.29, 1.82) is 0 Å². The van der Waals surface area contributed by atoms with Crippen LogP contribution in [0.3, 0.4) is 0 Å². The topological polar surface area (TPSA) is 61.8 Å². The average molecular weight is 385 g/mol. The normalized spacial score (nSPS) is 10.5. The Morgan fingerprint density at radius 3 is 2.08 bits per heavy atom. The predicted molar refractivity (Wildman–Crippen MR) is 101 cm³/mol. The van der Waals surface area contributed by atoms with Crippen LogP contribution in [0.1, 0.15) is 57.4 Å². The second-order valence-corrected chi connectivity index (χ2v) is 6.56. The smallest absolute Gasteiger partial charge is 0.332 e. The summed E-state index contributed by atoms with van der Waals surface area (Å²) in [6, 6.07) is 7.00. The average Bonchev–Trinajstić information content (AvgIpc) is 2.63. The molecule has 1 aromatic carbocycles. The van der Waals surface area contributed by atoms with Crippen LogP contribution in [0, 0.1) is 0 Å². The lowest BCUT2D eigenvalue weighted by atomic mass is 10.1. The molecule has 26 heavy (non-hydrogen) atoms. The fraction of sp³-hybridized carbons (Fsp3) is 0.600. The van der Waals surface area contributed by atoms with E-state index in [0.29, 0.717) is 11.6 Å². The van der Waals surface area contributed by atoms with Gasteiger partial charge in [-0.25, -0.2) is 9.59 Å². The minimum atomic E-state index is -0.528. The molecule has 1 aromatic rings. The van der Waals surface area contributed by atoms with E-state index < -0.39 is 11.9 Å². The monoisotopic (exact) mass is 384 g/mol. The molecule has 0 aliphatic rings. The van der Waals surface area contributed by atoms with Gasteiger partial charge in [0.15, 0.2) is 0 Å². The highest BCUT2D eigenvalue weighted by molar-refractivity contribution is 6.30. The van der Waals surface area contributed by atoms with Gasteiger partial charge in [-0.15, -0.1) is 0 Å². The standard InChI is InChI=1S/C20H29ClO5/c1-2-3-4-5-6-7-8-13-25-19(22)15-24-16-20(23)26-14-17-9-11-18(21)12-10-17/h9-12H,2-8,13-16H2,1H3. The molecule has 0 spiro atoms. The molecule has 1 rings (SSSR count). The molecular weight excluding hydrogens is 356 g/mol. The zero-order valence-corrected chi connectivity index (χ0v) is 16.3. The summed E-state index contributed by atoms with van der Waals surface area (Å²) in [6.07, 6.45) is 8.14. The van der Waals surface area contributed by atoms with Gasteiger partial charge in [-0.05, 0) is 24.1 Å². The summed E-state index contributed by atoms with van der Waals surface area (Å²) >= 11 is 5.78. The van der Waals surface area contributed by atoms with Gasteiger partial charge in [-0.2, -0.15) is 0 Å². The van der Waals surface area contributed by atoms with E-state index in [1.54, 1.807) is 24.3 Å². The highest BCUT2D eigenvalue weighted by atomic mass is 35.5. The first-order valence-electron chi connectivity index (χ1n) is 9.25. The van der Waals surface area contributed by atoms with Crippen LogP contribution in [0.5, 0.6) is 0 Å². The maximum atomic E-state index is 11.5. The molecule has 0 unspecified atom stereocenters. The van der Waals surface area contributed by atoms with E-state index in [4.69, 9.17) is 25.8 Å². The molecule has 0 saturated carbocycles. The zero-order valence-electron chi connectivity index (χ0n) is 15.5. The third-order valence-corrected chi connectivity index (χ3v) is 4.02. The van der Waals surface area contributed by atoms with Crippen LogP contribution in [0.2, 0.25) is 5.02 Å². The molecule has 0 atom stereocenters. The molecule has 0 amide bonds. The van der Waals surface area contributed by atoms with Crippen molar-refractivity contribution >= 4 is 23.5 Å². The highest BCUT2D eigenvalue weighted by Gasteiger charge is 2.07. The van der Waals surface area contributed by atoms with Crippen LogP contribution in [0.15, 0.2) is 24.3 Å². The largest absolute Gasteiger partial charge is 0.464 e. The van der Waals surface area contributed by atoms with Gasteiger partial charge in [-0.3, -0.25) is 0 Å². The zero-order chi connectivity index (χ0) is 19.0. The molecular formula is C20H29ClO5. The fourth-order valence-electron chi connectivity index (χ4n) is 2.29. The Morgan fingerprint density at radius 2 is 1.42 bits per heavy atom. The van der Waals surface area contributed by atoms with Crippen molar-refractivity contribution in [3.63, 3.8) is 0 Å². The molecule has 0 saturated heterocycles. The Labute approximate surface area is 161 Å². The van der Waals surface area contributed by atoms with Gasteiger partial charge in [0.05, 0.1) is 6.61 Å². The first-order chi connectivity index (χ1) is 12.6. The van der Waals surface area contributed by atoms with Crippen LogP contribution in [-0.2, 0) is 30.4 Å². The maximum absolute atomic E-state index is 11.5. The second kappa shape index (κ2) is 14.6. The minimum Gasteiger partial charge on any atom is -0.464 e. The van der Waals surface area contributed by atoms with Gasteiger partial charge in [0.25, 0.3) is 0 Å². The van der Waals surface area contributed by atoms with Gasteiger partial charge in [0.1, 0.15) is 19.8 Å². The van der Waals surface area contributed by atoms with Crippen molar-refractivity contribution in [3.05, 3.63) is 34.9 Å². The van der Waals surface area contributed by atoms with E-state index in [9.17, 15) is 9.59 Å². The first kappa shape index (κ1) is 22.5. The molecule has 0 aromatic heterocycles. The predicted octanol–water partition coefficient (Wildman–Crippen LogP) is 4.69. The lowest BCUT2D eigenvalue weighted by Gasteiger charge is -2.07. The Bertz CT molecular complexity index is 515.